The van der Waals surface area contributed by atoms with E-state index in [0.29, 0.717) is 12.3 Å². The molecule has 0 spiro atoms. The number of esters is 1. The Morgan fingerprint density at radius 2 is 2.00 bits per heavy atom. The fourth-order valence-electron chi connectivity index (χ4n) is 2.65. The molecule has 0 N–H and O–H groups in total. The van der Waals surface area contributed by atoms with Gasteiger partial charge in [-0.05, 0) is 26.3 Å². The Morgan fingerprint density at radius 1 is 1.32 bits per heavy atom. The predicted molar refractivity (Wildman–Crippen MR) is 85.0 cm³/mol. The fourth-order valence-corrected chi connectivity index (χ4v) is 2.65. The van der Waals surface area contributed by atoms with Gasteiger partial charge in [0.2, 0.25) is 0 Å². The van der Waals surface area contributed by atoms with Crippen LogP contribution in [0.4, 0.5) is 0 Å². The second kappa shape index (κ2) is 7.48. The van der Waals surface area contributed by atoms with E-state index in [1.54, 1.807) is 0 Å². The molecule has 1 saturated heterocycles. The van der Waals surface area contributed by atoms with Gasteiger partial charge in [0.1, 0.15) is 5.69 Å². The first kappa shape index (κ1) is 16.6. The summed E-state index contributed by atoms with van der Waals surface area (Å²) < 4.78 is 12.3. The quantitative estimate of drug-likeness (QED) is 0.627. The lowest BCUT2D eigenvalue weighted by molar-refractivity contribution is 0.0443. The molecule has 1 aromatic heterocycles. The van der Waals surface area contributed by atoms with Gasteiger partial charge in [0, 0.05) is 31.4 Å². The first-order valence-electron chi connectivity index (χ1n) is 7.68. The van der Waals surface area contributed by atoms with Crippen LogP contribution >= 0.6 is 0 Å². The highest BCUT2D eigenvalue weighted by atomic mass is 16.5. The molecule has 0 aliphatic carbocycles. The van der Waals surface area contributed by atoms with Crippen LogP contribution in [0.1, 0.15) is 34.2 Å². The van der Waals surface area contributed by atoms with Gasteiger partial charge in [0.25, 0.3) is 0 Å². The van der Waals surface area contributed by atoms with Gasteiger partial charge < -0.3 is 14.0 Å². The van der Waals surface area contributed by atoms with Crippen LogP contribution in [-0.4, -0.2) is 54.9 Å². The van der Waals surface area contributed by atoms with E-state index in [9.17, 15) is 4.79 Å². The fraction of sp³-hybridized carbons (Fsp3) is 0.588. The normalized spacial score (nSPS) is 15.3. The number of carbonyl (C=O) groups excluding carboxylic acids is 1. The monoisotopic (exact) mass is 304 g/mol. The van der Waals surface area contributed by atoms with Gasteiger partial charge in [-0.15, -0.1) is 0 Å². The number of carbonyl (C=O) groups is 1. The van der Waals surface area contributed by atoms with Gasteiger partial charge in [0.15, 0.2) is 0 Å². The van der Waals surface area contributed by atoms with Crippen molar-refractivity contribution in [2.75, 3.05) is 39.5 Å². The highest BCUT2D eigenvalue weighted by molar-refractivity contribution is 5.90. The minimum atomic E-state index is -0.285. The van der Waals surface area contributed by atoms with Crippen LogP contribution in [0.25, 0.3) is 0 Å². The van der Waals surface area contributed by atoms with Crippen molar-refractivity contribution >= 4 is 5.97 Å². The van der Waals surface area contributed by atoms with Crippen molar-refractivity contribution in [3.8, 4) is 11.8 Å². The molecule has 5 nitrogen and oxygen atoms in total. The maximum atomic E-state index is 12.1. The molecule has 2 heterocycles. The largest absolute Gasteiger partial charge is 0.461 e. The van der Waals surface area contributed by atoms with E-state index < -0.39 is 0 Å². The molecule has 22 heavy (non-hydrogen) atoms. The Balaban J connectivity index is 2.17. The zero-order valence-corrected chi connectivity index (χ0v) is 13.9. The van der Waals surface area contributed by atoms with Gasteiger partial charge in [-0.1, -0.05) is 11.8 Å². The van der Waals surface area contributed by atoms with Crippen molar-refractivity contribution in [2.24, 2.45) is 7.05 Å². The Bertz CT molecular complexity index is 602. The lowest BCUT2D eigenvalue weighted by Crippen LogP contribution is -2.36. The summed E-state index contributed by atoms with van der Waals surface area (Å²) in [6.07, 6.45) is 0. The summed E-state index contributed by atoms with van der Waals surface area (Å²) in [6, 6.07) is 0. The lowest BCUT2D eigenvalue weighted by atomic mass is 10.1. The third-order valence-corrected chi connectivity index (χ3v) is 4.02. The van der Waals surface area contributed by atoms with Crippen LogP contribution in [0, 0.1) is 25.7 Å². The maximum absolute atomic E-state index is 12.1. The molecule has 0 radical (unpaired) electrons. The van der Waals surface area contributed by atoms with Crippen LogP contribution in [-0.2, 0) is 16.5 Å². The summed E-state index contributed by atoms with van der Waals surface area (Å²) in [7, 11) is 1.88. The van der Waals surface area contributed by atoms with E-state index >= 15 is 0 Å². The Labute approximate surface area is 132 Å². The molecular formula is C17H24N2O3. The molecule has 0 bridgehead atoms. The number of morpholine rings is 1. The number of rotatable bonds is 3. The number of ether oxygens (including phenoxy) is 2. The van der Waals surface area contributed by atoms with Crippen LogP contribution in [0.5, 0.6) is 0 Å². The van der Waals surface area contributed by atoms with Crippen molar-refractivity contribution in [1.29, 1.82) is 0 Å². The van der Waals surface area contributed by atoms with Gasteiger partial charge in [-0.3, -0.25) is 4.90 Å². The Morgan fingerprint density at radius 3 is 2.64 bits per heavy atom. The summed E-state index contributed by atoms with van der Waals surface area (Å²) in [4.78, 5) is 14.3. The minimum Gasteiger partial charge on any atom is -0.461 e. The highest BCUT2D eigenvalue weighted by Gasteiger charge is 2.20. The average Bonchev–Trinajstić information content (AvgIpc) is 2.72. The molecular weight excluding hydrogens is 280 g/mol. The third kappa shape index (κ3) is 3.52. The molecule has 1 aliphatic rings. The molecule has 1 aromatic rings. The van der Waals surface area contributed by atoms with Crippen molar-refractivity contribution < 1.29 is 14.3 Å². The molecule has 0 saturated carbocycles. The molecule has 5 heteroatoms. The van der Waals surface area contributed by atoms with Crippen LogP contribution < -0.4 is 0 Å². The van der Waals surface area contributed by atoms with Crippen molar-refractivity contribution in [2.45, 2.75) is 20.8 Å². The predicted octanol–water partition coefficient (Wildman–Crippen LogP) is 1.50. The zero-order valence-electron chi connectivity index (χ0n) is 13.9. The SMILES string of the molecule is CCOC(=O)c1c(C)c(C#CCN2CCOCC2)c(C)n1C. The van der Waals surface area contributed by atoms with Crippen LogP contribution in [0.15, 0.2) is 0 Å². The van der Waals surface area contributed by atoms with Gasteiger partial charge in [-0.2, -0.15) is 0 Å². The second-order valence-electron chi connectivity index (χ2n) is 5.40. The van der Waals surface area contributed by atoms with E-state index in [1.165, 1.54) is 0 Å². The van der Waals surface area contributed by atoms with E-state index in [-0.39, 0.29) is 5.97 Å². The lowest BCUT2D eigenvalue weighted by Gasteiger charge is -2.24. The third-order valence-electron chi connectivity index (χ3n) is 4.02. The van der Waals surface area contributed by atoms with Gasteiger partial charge >= 0.3 is 5.97 Å². The number of hydrogen-bond acceptors (Lipinski definition) is 4. The first-order chi connectivity index (χ1) is 10.6. The summed E-state index contributed by atoms with van der Waals surface area (Å²) in [5.41, 5.74) is 3.41. The van der Waals surface area contributed by atoms with Crippen molar-refractivity contribution in [3.05, 3.63) is 22.5 Å². The molecule has 120 valence electrons. The Kier molecular flexibility index (Phi) is 5.64. The molecule has 0 atom stereocenters. The molecule has 0 amide bonds. The van der Waals surface area contributed by atoms with E-state index in [2.05, 4.69) is 16.7 Å². The standard InChI is InChI=1S/C17H24N2O3/c1-5-22-17(20)16-13(2)15(14(3)18(16)4)7-6-8-19-9-11-21-12-10-19/h5,8-12H2,1-4H3. The summed E-state index contributed by atoms with van der Waals surface area (Å²) in [6.45, 7) is 10.2. The smallest absolute Gasteiger partial charge is 0.355 e. The van der Waals surface area contributed by atoms with Crippen LogP contribution in [0.2, 0.25) is 0 Å². The average molecular weight is 304 g/mol. The summed E-state index contributed by atoms with van der Waals surface area (Å²) in [5, 5.41) is 0. The maximum Gasteiger partial charge on any atom is 0.355 e. The van der Waals surface area contributed by atoms with Crippen LogP contribution in [0.3, 0.4) is 0 Å². The second-order valence-corrected chi connectivity index (χ2v) is 5.40. The summed E-state index contributed by atoms with van der Waals surface area (Å²) in [5.74, 6) is 6.16. The van der Waals surface area contributed by atoms with Crippen molar-refractivity contribution in [3.63, 3.8) is 0 Å². The molecule has 2 rings (SSSR count). The van der Waals surface area contributed by atoms with E-state index in [1.807, 2.05) is 32.4 Å². The topological polar surface area (TPSA) is 43.7 Å². The van der Waals surface area contributed by atoms with E-state index in [4.69, 9.17) is 9.47 Å². The van der Waals surface area contributed by atoms with Gasteiger partial charge in [-0.25, -0.2) is 4.79 Å². The molecule has 0 unspecified atom stereocenters. The highest BCUT2D eigenvalue weighted by Crippen LogP contribution is 2.21. The number of nitrogens with zero attached hydrogens (tertiary/aromatic N) is 2. The van der Waals surface area contributed by atoms with Gasteiger partial charge in [0.05, 0.1) is 26.4 Å². The van der Waals surface area contributed by atoms with Crippen molar-refractivity contribution in [1.82, 2.24) is 9.47 Å². The number of aromatic nitrogens is 1. The molecule has 1 fully saturated rings. The Hall–Kier alpha value is -1.77. The zero-order chi connectivity index (χ0) is 16.1. The molecule has 0 aromatic carbocycles. The molecule has 1 aliphatic heterocycles. The summed E-state index contributed by atoms with van der Waals surface area (Å²) >= 11 is 0. The minimum absolute atomic E-state index is 0.285. The van der Waals surface area contributed by atoms with E-state index in [0.717, 1.165) is 49.7 Å². The number of hydrogen-bond donors (Lipinski definition) is 0. The first-order valence-corrected chi connectivity index (χ1v) is 7.68.